The number of benzene rings is 2. The highest BCUT2D eigenvalue weighted by atomic mass is 32.2. The average Bonchev–Trinajstić information content (AvgIpc) is 2.69. The van der Waals surface area contributed by atoms with Crippen LogP contribution in [0.2, 0.25) is 0 Å². The maximum absolute atomic E-state index is 11.2. The molecule has 0 fully saturated rings. The maximum Gasteiger partial charge on any atom is 0.229 e. The first kappa shape index (κ1) is 19.8. The number of nitrogens with one attached hydrogen (secondary N) is 3. The van der Waals surface area contributed by atoms with Gasteiger partial charge in [0.2, 0.25) is 5.95 Å². The number of aryl methyl sites for hydroxylation is 1. The number of hydrogen-bond donors (Lipinski definition) is 4. The van der Waals surface area contributed by atoms with Crippen LogP contribution in [0.15, 0.2) is 59.6 Å². The van der Waals surface area contributed by atoms with Crippen molar-refractivity contribution in [3.63, 3.8) is 0 Å². The number of hydrogen-bond acceptors (Lipinski definition) is 8. The molecule has 0 aliphatic rings. The Kier molecular flexibility index (Phi) is 6.23. The lowest BCUT2D eigenvalue weighted by Crippen LogP contribution is -2.21. The van der Waals surface area contributed by atoms with Gasteiger partial charge in [-0.15, -0.1) is 0 Å². The third kappa shape index (κ3) is 4.65. The first-order valence-electron chi connectivity index (χ1n) is 8.78. The van der Waals surface area contributed by atoms with E-state index in [-0.39, 0.29) is 12.6 Å². The molecule has 7 nitrogen and oxygen atoms in total. The molecule has 1 atom stereocenters. The summed E-state index contributed by atoms with van der Waals surface area (Å²) in [6.07, 6.45) is 1.75. The zero-order valence-electron chi connectivity index (χ0n) is 15.6. The highest BCUT2D eigenvalue weighted by Crippen LogP contribution is 2.30. The number of rotatable bonds is 7. The summed E-state index contributed by atoms with van der Waals surface area (Å²) in [6.45, 7) is 3.88. The van der Waals surface area contributed by atoms with E-state index in [0.717, 1.165) is 22.4 Å². The smallest absolute Gasteiger partial charge is 0.229 e. The molecule has 146 valence electrons. The van der Waals surface area contributed by atoms with Gasteiger partial charge in [0.25, 0.3) is 0 Å². The van der Waals surface area contributed by atoms with Crippen molar-refractivity contribution < 1.29 is 9.32 Å². The van der Waals surface area contributed by atoms with Gasteiger partial charge in [-0.1, -0.05) is 41.3 Å². The van der Waals surface area contributed by atoms with Gasteiger partial charge in [-0.05, 0) is 37.1 Å². The Labute approximate surface area is 165 Å². The van der Waals surface area contributed by atoms with E-state index in [2.05, 4.69) is 20.6 Å². The highest BCUT2D eigenvalue weighted by Gasteiger charge is 2.13. The Morgan fingerprint density at radius 1 is 1.14 bits per heavy atom. The first-order chi connectivity index (χ1) is 13.5. The predicted molar refractivity (Wildman–Crippen MR) is 111 cm³/mol. The van der Waals surface area contributed by atoms with Crippen molar-refractivity contribution in [2.75, 3.05) is 17.2 Å². The Morgan fingerprint density at radius 3 is 2.50 bits per heavy atom. The van der Waals surface area contributed by atoms with Gasteiger partial charge in [0.15, 0.2) is 0 Å². The topological polar surface area (TPSA) is 111 Å². The Morgan fingerprint density at radius 2 is 1.86 bits per heavy atom. The van der Waals surface area contributed by atoms with E-state index in [0.29, 0.717) is 16.7 Å². The molecule has 0 amide bonds. The van der Waals surface area contributed by atoms with Crippen molar-refractivity contribution >= 4 is 28.0 Å². The van der Waals surface area contributed by atoms with Crippen LogP contribution < -0.4 is 10.6 Å². The van der Waals surface area contributed by atoms with Gasteiger partial charge >= 0.3 is 0 Å². The summed E-state index contributed by atoms with van der Waals surface area (Å²) >= 11 is 0. The van der Waals surface area contributed by atoms with E-state index in [1.165, 1.54) is 0 Å². The van der Waals surface area contributed by atoms with Gasteiger partial charge in [-0.25, -0.2) is 4.98 Å². The van der Waals surface area contributed by atoms with Crippen LogP contribution in [0.25, 0.3) is 11.1 Å². The minimum Gasteiger partial charge on any atom is -0.440 e. The largest absolute Gasteiger partial charge is 0.440 e. The molecule has 0 unspecified atom stereocenters. The van der Waals surface area contributed by atoms with Crippen LogP contribution in [-0.4, -0.2) is 27.7 Å². The van der Waals surface area contributed by atoms with E-state index in [1.54, 1.807) is 30.5 Å². The molecule has 0 aliphatic heterocycles. The molecule has 0 aliphatic carbocycles. The average molecular weight is 396 g/mol. The van der Waals surface area contributed by atoms with Crippen LogP contribution in [-0.2, 0) is 14.8 Å². The lowest BCUT2D eigenvalue weighted by molar-refractivity contribution is 0.281. The van der Waals surface area contributed by atoms with Gasteiger partial charge in [0.05, 0.1) is 6.61 Å². The monoisotopic (exact) mass is 396 g/mol. The predicted octanol–water partition coefficient (Wildman–Crippen LogP) is 4.07. The lowest BCUT2D eigenvalue weighted by Gasteiger charge is -2.17. The number of aliphatic hydroxyl groups is 1. The third-order valence-corrected chi connectivity index (χ3v) is 4.91. The Bertz CT molecular complexity index is 1030. The van der Waals surface area contributed by atoms with Crippen molar-refractivity contribution in [2.24, 2.45) is 0 Å². The minimum absolute atomic E-state index is 0.0221. The summed E-state index contributed by atoms with van der Waals surface area (Å²) in [7, 11) is -1.76. The van der Waals surface area contributed by atoms with E-state index in [9.17, 15) is 9.32 Å². The van der Waals surface area contributed by atoms with Gasteiger partial charge in [-0.3, -0.25) is 0 Å². The van der Waals surface area contributed by atoms with Gasteiger partial charge < -0.3 is 24.7 Å². The van der Waals surface area contributed by atoms with Crippen LogP contribution in [0, 0.1) is 11.7 Å². The summed E-state index contributed by atoms with van der Waals surface area (Å²) in [6, 6.07) is 14.5. The van der Waals surface area contributed by atoms with Crippen LogP contribution >= 0.6 is 0 Å². The van der Waals surface area contributed by atoms with Crippen LogP contribution in [0.1, 0.15) is 12.5 Å². The number of anilines is 3. The van der Waals surface area contributed by atoms with Crippen LogP contribution in [0.5, 0.6) is 0 Å². The first-order valence-corrected chi connectivity index (χ1v) is 9.93. The quantitative estimate of drug-likeness (QED) is 0.448. The molecule has 0 radical (unpaired) electrons. The number of aromatic nitrogens is 2. The normalized spacial score (nSPS) is 12.0. The zero-order chi connectivity index (χ0) is 20.1. The van der Waals surface area contributed by atoms with Crippen molar-refractivity contribution in [1.82, 2.24) is 9.97 Å². The zero-order valence-corrected chi connectivity index (χ0v) is 16.5. The minimum atomic E-state index is -1.76. The Balaban J connectivity index is 1.95. The molecule has 3 rings (SSSR count). The van der Waals surface area contributed by atoms with Crippen LogP contribution in [0.4, 0.5) is 17.5 Å². The van der Waals surface area contributed by atoms with Gasteiger partial charge in [0, 0.05) is 23.5 Å². The molecule has 0 spiro atoms. The maximum atomic E-state index is 11.2. The van der Waals surface area contributed by atoms with Crippen molar-refractivity contribution in [1.29, 1.82) is 4.78 Å². The fourth-order valence-corrected chi connectivity index (χ4v) is 3.08. The molecule has 1 heterocycles. The van der Waals surface area contributed by atoms with E-state index >= 15 is 0 Å². The summed E-state index contributed by atoms with van der Waals surface area (Å²) in [5.74, 6) is 1.02. The molecule has 3 aromatic rings. The molecule has 4 N–H and O–H groups in total. The summed E-state index contributed by atoms with van der Waals surface area (Å²) < 4.78 is 18.4. The summed E-state index contributed by atoms with van der Waals surface area (Å²) in [5.41, 5.74) is 3.69. The highest BCUT2D eigenvalue weighted by molar-refractivity contribution is 7.73. The number of aliphatic hydroxyl groups excluding tert-OH is 1. The standard InChI is InChI=1S/C20H22N5O2S/c1-13-5-3-4-6-17(13)18-11-22-20(25-19(18)23-14(2)12-26)24-15-7-9-16(10-8-15)28(21)27/h3-11,14,21,26H,12H2,1-2H3,(H2,22,23,24,25)/q-1/t14-/m1/s1. The van der Waals surface area contributed by atoms with Crippen molar-refractivity contribution in [2.45, 2.75) is 24.8 Å². The molecule has 28 heavy (non-hydrogen) atoms. The summed E-state index contributed by atoms with van der Waals surface area (Å²) in [4.78, 5) is 9.44. The number of nitrogens with zero attached hydrogens (tertiary/aromatic N) is 2. The fraction of sp³-hybridized carbons (Fsp3) is 0.200. The molecule has 0 bridgehead atoms. The Hall–Kier alpha value is -2.97. The lowest BCUT2D eigenvalue weighted by atomic mass is 10.0. The van der Waals surface area contributed by atoms with E-state index < -0.39 is 10.6 Å². The molecular weight excluding hydrogens is 374 g/mol. The SMILES string of the molecule is Cc1ccccc1-c1cnc(Nc2ccc([S-](=N)=O)cc2)nc1N[C@H](C)CO. The van der Waals surface area contributed by atoms with E-state index in [1.807, 2.05) is 38.1 Å². The molecule has 8 heteroatoms. The van der Waals surface area contributed by atoms with Crippen LogP contribution in [0.3, 0.4) is 0 Å². The second-order valence-corrected chi connectivity index (χ2v) is 7.43. The van der Waals surface area contributed by atoms with Gasteiger partial charge in [0.1, 0.15) is 5.82 Å². The fourth-order valence-electron chi connectivity index (χ4n) is 2.69. The molecule has 1 aromatic heterocycles. The molecule has 2 aromatic carbocycles. The van der Waals surface area contributed by atoms with Crippen molar-refractivity contribution in [3.05, 3.63) is 60.3 Å². The molecule has 0 saturated heterocycles. The third-order valence-electron chi connectivity index (χ3n) is 4.21. The van der Waals surface area contributed by atoms with E-state index in [4.69, 9.17) is 4.78 Å². The van der Waals surface area contributed by atoms with Gasteiger partial charge in [-0.2, -0.15) is 15.6 Å². The second kappa shape index (κ2) is 8.81. The van der Waals surface area contributed by atoms with Crippen molar-refractivity contribution in [3.8, 4) is 11.1 Å². The molecular formula is C20H22N5O2S-. The summed E-state index contributed by atoms with van der Waals surface area (Å²) in [5, 5.41) is 15.8. The second-order valence-electron chi connectivity index (χ2n) is 6.42. The molecule has 0 saturated carbocycles.